The molecule has 5 nitrogen and oxygen atoms in total. The molecule has 0 radical (unpaired) electrons. The van der Waals surface area contributed by atoms with Gasteiger partial charge in [-0.25, -0.2) is 5.43 Å². The number of carbonyl (C=O) groups is 2. The molecule has 2 N–H and O–H groups in total. The van der Waals surface area contributed by atoms with E-state index < -0.39 is 0 Å². The quantitative estimate of drug-likeness (QED) is 0.591. The summed E-state index contributed by atoms with van der Waals surface area (Å²) in [6.07, 6.45) is 10.4. The first-order chi connectivity index (χ1) is 12.2. The van der Waals surface area contributed by atoms with Crippen molar-refractivity contribution in [1.82, 2.24) is 5.43 Å². The summed E-state index contributed by atoms with van der Waals surface area (Å²) in [5.74, 6) is 2.36. The summed E-state index contributed by atoms with van der Waals surface area (Å²) in [6.45, 7) is 3.92. The fourth-order valence-electron chi connectivity index (χ4n) is 6.50. The minimum absolute atomic E-state index is 0.0631. The third kappa shape index (κ3) is 3.45. The molecule has 4 fully saturated rings. The van der Waals surface area contributed by atoms with Gasteiger partial charge in [0.1, 0.15) is 5.76 Å². The van der Waals surface area contributed by atoms with E-state index in [2.05, 4.69) is 10.5 Å². The molecule has 4 bridgehead atoms. The number of nitrogens with one attached hydrogen (secondary N) is 1. The first-order valence-electron chi connectivity index (χ1n) is 10.0. The lowest BCUT2D eigenvalue weighted by Crippen LogP contribution is -2.47. The third-order valence-corrected chi connectivity index (χ3v) is 6.98. The molecule has 0 spiro atoms. The van der Waals surface area contributed by atoms with Gasteiger partial charge < -0.3 is 5.11 Å². The molecule has 0 saturated heterocycles. The van der Waals surface area contributed by atoms with Crippen molar-refractivity contribution in [1.29, 1.82) is 0 Å². The Morgan fingerprint density at radius 1 is 1.15 bits per heavy atom. The van der Waals surface area contributed by atoms with Crippen molar-refractivity contribution in [2.75, 3.05) is 0 Å². The van der Waals surface area contributed by atoms with Crippen LogP contribution >= 0.6 is 0 Å². The Kier molecular flexibility index (Phi) is 4.24. The van der Waals surface area contributed by atoms with E-state index >= 15 is 0 Å². The van der Waals surface area contributed by atoms with E-state index in [4.69, 9.17) is 0 Å². The molecule has 26 heavy (non-hydrogen) atoms. The number of hydrogen-bond donors (Lipinski definition) is 2. The molecule has 4 saturated carbocycles. The zero-order valence-electron chi connectivity index (χ0n) is 15.9. The van der Waals surface area contributed by atoms with Crippen molar-refractivity contribution in [3.63, 3.8) is 0 Å². The van der Waals surface area contributed by atoms with E-state index in [1.54, 1.807) is 0 Å². The van der Waals surface area contributed by atoms with Crippen LogP contribution in [0.15, 0.2) is 16.4 Å². The van der Waals surface area contributed by atoms with Crippen LogP contribution in [0.2, 0.25) is 0 Å². The summed E-state index contributed by atoms with van der Waals surface area (Å²) < 4.78 is 0. The molecule has 5 heteroatoms. The van der Waals surface area contributed by atoms with E-state index in [9.17, 15) is 14.7 Å². The number of carbonyl (C=O) groups excluding carboxylic acids is 2. The van der Waals surface area contributed by atoms with Crippen LogP contribution in [-0.4, -0.2) is 23.0 Å². The normalized spacial score (nSPS) is 38.2. The minimum Gasteiger partial charge on any atom is -0.511 e. The van der Waals surface area contributed by atoms with Crippen molar-refractivity contribution in [2.45, 2.75) is 71.6 Å². The molecule has 0 aromatic rings. The van der Waals surface area contributed by atoms with Gasteiger partial charge in [0.15, 0.2) is 5.78 Å². The Morgan fingerprint density at radius 3 is 2.27 bits per heavy atom. The molecule has 0 aromatic heterocycles. The van der Waals surface area contributed by atoms with Crippen LogP contribution < -0.4 is 5.43 Å². The number of allylic oxidation sites excluding steroid dienone is 2. The summed E-state index contributed by atoms with van der Waals surface area (Å²) in [7, 11) is 0. The van der Waals surface area contributed by atoms with Crippen LogP contribution in [0.25, 0.3) is 0 Å². The SMILES string of the molecule is CC1(C)CC(=O)C(C=NNC(=O)CC23CC4CC(CC(C4)C2)C3)=C(O)C1. The number of rotatable bonds is 4. The first kappa shape index (κ1) is 17.7. The van der Waals surface area contributed by atoms with Crippen molar-refractivity contribution in [3.05, 3.63) is 11.3 Å². The van der Waals surface area contributed by atoms with E-state index in [-0.39, 0.29) is 33.9 Å². The monoisotopic (exact) mass is 358 g/mol. The highest BCUT2D eigenvalue weighted by molar-refractivity contribution is 6.14. The summed E-state index contributed by atoms with van der Waals surface area (Å²) in [5.41, 5.74) is 2.79. The second kappa shape index (κ2) is 6.21. The molecule has 0 aromatic carbocycles. The van der Waals surface area contributed by atoms with Gasteiger partial charge in [0.05, 0.1) is 11.8 Å². The zero-order valence-corrected chi connectivity index (χ0v) is 15.9. The molecule has 0 heterocycles. The molecule has 0 aliphatic heterocycles. The Morgan fingerprint density at radius 2 is 1.73 bits per heavy atom. The van der Waals surface area contributed by atoms with Gasteiger partial charge in [-0.2, -0.15) is 5.10 Å². The van der Waals surface area contributed by atoms with E-state index in [0.29, 0.717) is 19.3 Å². The lowest BCUT2D eigenvalue weighted by atomic mass is 9.49. The van der Waals surface area contributed by atoms with Gasteiger partial charge in [-0.1, -0.05) is 13.8 Å². The summed E-state index contributed by atoms with van der Waals surface area (Å²) in [6, 6.07) is 0. The number of hydrazone groups is 1. The number of amides is 1. The van der Waals surface area contributed by atoms with Crippen LogP contribution in [-0.2, 0) is 9.59 Å². The summed E-state index contributed by atoms with van der Waals surface area (Å²) in [4.78, 5) is 24.6. The average molecular weight is 358 g/mol. The fraction of sp³-hybridized carbons (Fsp3) is 0.762. The topological polar surface area (TPSA) is 78.8 Å². The maximum absolute atomic E-state index is 12.4. The molecular formula is C21H30N2O3. The van der Waals surface area contributed by atoms with Gasteiger partial charge in [-0.15, -0.1) is 0 Å². The maximum Gasteiger partial charge on any atom is 0.240 e. The number of nitrogens with zero attached hydrogens (tertiary/aromatic N) is 1. The Bertz CT molecular complexity index is 654. The number of ketones is 1. The van der Waals surface area contributed by atoms with Crippen molar-refractivity contribution in [2.24, 2.45) is 33.7 Å². The lowest BCUT2D eigenvalue weighted by Gasteiger charge is -2.56. The van der Waals surface area contributed by atoms with Crippen LogP contribution in [0.3, 0.4) is 0 Å². The molecule has 5 aliphatic carbocycles. The highest BCUT2D eigenvalue weighted by atomic mass is 16.3. The number of aliphatic hydroxyl groups is 1. The van der Waals surface area contributed by atoms with E-state index in [0.717, 1.165) is 17.8 Å². The van der Waals surface area contributed by atoms with Gasteiger partial charge in [-0.05, 0) is 67.1 Å². The second-order valence-electron chi connectivity index (χ2n) is 10.2. The number of aliphatic hydroxyl groups excluding tert-OH is 1. The van der Waals surface area contributed by atoms with Crippen molar-refractivity contribution in [3.8, 4) is 0 Å². The van der Waals surface area contributed by atoms with Gasteiger partial charge in [0.25, 0.3) is 0 Å². The van der Waals surface area contributed by atoms with Crippen LogP contribution in [0.4, 0.5) is 0 Å². The molecule has 142 valence electrons. The highest BCUT2D eigenvalue weighted by Gasteiger charge is 2.51. The average Bonchev–Trinajstić information content (AvgIpc) is 2.47. The third-order valence-electron chi connectivity index (χ3n) is 6.98. The largest absolute Gasteiger partial charge is 0.511 e. The predicted octanol–water partition coefficient (Wildman–Crippen LogP) is 3.90. The highest BCUT2D eigenvalue weighted by Crippen LogP contribution is 2.61. The van der Waals surface area contributed by atoms with E-state index in [1.165, 1.54) is 44.7 Å². The van der Waals surface area contributed by atoms with Gasteiger partial charge in [-0.3, -0.25) is 9.59 Å². The van der Waals surface area contributed by atoms with Gasteiger partial charge >= 0.3 is 0 Å². The summed E-state index contributed by atoms with van der Waals surface area (Å²) >= 11 is 0. The predicted molar refractivity (Wildman–Crippen MR) is 99.5 cm³/mol. The van der Waals surface area contributed by atoms with Gasteiger partial charge in [0, 0.05) is 19.3 Å². The van der Waals surface area contributed by atoms with Crippen LogP contribution in [0.1, 0.15) is 71.6 Å². The smallest absolute Gasteiger partial charge is 0.240 e. The van der Waals surface area contributed by atoms with Crippen molar-refractivity contribution >= 4 is 17.9 Å². The number of hydrogen-bond acceptors (Lipinski definition) is 4. The molecule has 5 aliphatic rings. The van der Waals surface area contributed by atoms with Crippen LogP contribution in [0.5, 0.6) is 0 Å². The molecule has 0 unspecified atom stereocenters. The Labute approximate surface area is 155 Å². The minimum atomic E-state index is -0.222. The molecule has 0 atom stereocenters. The summed E-state index contributed by atoms with van der Waals surface area (Å²) in [5, 5.41) is 14.1. The molecule has 5 rings (SSSR count). The first-order valence-corrected chi connectivity index (χ1v) is 10.0. The zero-order chi connectivity index (χ0) is 18.5. The maximum atomic E-state index is 12.4. The second-order valence-corrected chi connectivity index (χ2v) is 10.2. The van der Waals surface area contributed by atoms with E-state index in [1.807, 2.05) is 13.8 Å². The van der Waals surface area contributed by atoms with Crippen LogP contribution in [0, 0.1) is 28.6 Å². The fourth-order valence-corrected chi connectivity index (χ4v) is 6.50. The standard InChI is InChI=1S/C21H30N2O3/c1-20(2)9-17(24)16(18(25)10-20)12-22-23-19(26)11-21-6-13-3-14(7-21)5-15(4-13)8-21/h12-15,24H,3-11H2,1-2H3,(H,23,26). The lowest BCUT2D eigenvalue weighted by molar-refractivity contribution is -0.129. The van der Waals surface area contributed by atoms with Crippen molar-refractivity contribution < 1.29 is 14.7 Å². The molecule has 1 amide bonds. The Balaban J connectivity index is 1.36. The Hall–Kier alpha value is -1.65. The number of Topliss-reactive ketones (excluding diaryl/α,β-unsaturated/α-hetero) is 1. The van der Waals surface area contributed by atoms with Gasteiger partial charge in [0.2, 0.25) is 5.91 Å². The molecular weight excluding hydrogens is 328 g/mol.